The molecule has 0 spiro atoms. The molecule has 342 valence electrons. The van der Waals surface area contributed by atoms with E-state index in [0.717, 1.165) is 34.9 Å². The lowest BCUT2D eigenvalue weighted by molar-refractivity contribution is -0.134. The second-order valence-corrected chi connectivity index (χ2v) is 16.1. The average Bonchev–Trinajstić information content (AvgIpc) is 3.69. The van der Waals surface area contributed by atoms with E-state index >= 15 is 0 Å². The van der Waals surface area contributed by atoms with Gasteiger partial charge >= 0.3 is 0 Å². The van der Waals surface area contributed by atoms with E-state index in [1.54, 1.807) is 42.6 Å². The number of benzene rings is 3. The lowest BCUT2D eigenvalue weighted by atomic mass is 10.0. The normalized spacial score (nSPS) is 20.8. The number of carbonyl (C=O) groups is 6. The number of hydrogen-bond acceptors (Lipinski definition) is 8. The Morgan fingerprint density at radius 3 is 1.88 bits per heavy atom. The third kappa shape index (κ3) is 16.1. The van der Waals surface area contributed by atoms with E-state index in [4.69, 9.17) is 11.5 Å². The summed E-state index contributed by atoms with van der Waals surface area (Å²) in [6.07, 6.45) is 6.76. The fourth-order valence-corrected chi connectivity index (χ4v) is 7.55. The molecule has 1 aliphatic rings. The van der Waals surface area contributed by atoms with Crippen molar-refractivity contribution in [3.63, 3.8) is 0 Å². The molecule has 0 bridgehead atoms. The van der Waals surface area contributed by atoms with E-state index in [2.05, 4.69) is 41.9 Å². The molecule has 0 radical (unpaired) electrons. The molecule has 3 aromatic carbocycles. The van der Waals surface area contributed by atoms with E-state index in [0.29, 0.717) is 50.8 Å². The van der Waals surface area contributed by atoms with Gasteiger partial charge < -0.3 is 53.5 Å². The largest absolute Gasteiger partial charge is 0.508 e. The molecule has 5 rings (SSSR count). The van der Waals surface area contributed by atoms with Gasteiger partial charge in [-0.05, 0) is 73.4 Å². The number of aromatic hydroxyl groups is 1. The van der Waals surface area contributed by atoms with Gasteiger partial charge in [-0.1, -0.05) is 73.5 Å². The van der Waals surface area contributed by atoms with Crippen molar-refractivity contribution in [1.82, 2.24) is 36.9 Å². The van der Waals surface area contributed by atoms with Crippen LogP contribution in [0.25, 0.3) is 10.9 Å². The number of rotatable bonds is 10. The minimum atomic E-state index is -1.21. The zero-order chi connectivity index (χ0) is 45.7. The zero-order valence-electron chi connectivity index (χ0n) is 36.2. The van der Waals surface area contributed by atoms with Crippen LogP contribution in [-0.2, 0) is 48.0 Å². The van der Waals surface area contributed by atoms with Gasteiger partial charge in [0.05, 0.1) is 0 Å². The number of hydrogen-bond donors (Lipinski definition) is 10. The number of guanidine groups is 1. The number of carbonyl (C=O) groups excluding carboxylic acids is 6. The van der Waals surface area contributed by atoms with Gasteiger partial charge in [-0.3, -0.25) is 33.8 Å². The lowest BCUT2D eigenvalue weighted by Crippen LogP contribution is -2.59. The highest BCUT2D eigenvalue weighted by atomic mass is 16.3. The monoisotopic (exact) mass is 878 g/mol. The van der Waals surface area contributed by atoms with E-state index in [-0.39, 0.29) is 68.6 Å². The maximum Gasteiger partial charge on any atom is 0.243 e. The number of aromatic amines is 1. The fraction of sp³-hybridized carbons (Fsp3) is 0.426. The summed E-state index contributed by atoms with van der Waals surface area (Å²) in [5.74, 6) is -2.91. The number of aromatic nitrogens is 1. The fourth-order valence-electron chi connectivity index (χ4n) is 7.55. The molecule has 2 heterocycles. The summed E-state index contributed by atoms with van der Waals surface area (Å²) in [5, 5.41) is 28.1. The van der Waals surface area contributed by atoms with Crippen LogP contribution in [0.4, 0.5) is 0 Å². The lowest BCUT2D eigenvalue weighted by Gasteiger charge is -2.27. The van der Waals surface area contributed by atoms with Gasteiger partial charge in [0, 0.05) is 68.8 Å². The molecule has 0 saturated carbocycles. The minimum absolute atomic E-state index is 0.0329. The molecule has 1 fully saturated rings. The highest BCUT2D eigenvalue weighted by Crippen LogP contribution is 2.20. The first-order chi connectivity index (χ1) is 30.9. The third-order valence-electron chi connectivity index (χ3n) is 11.0. The highest BCUT2D eigenvalue weighted by molar-refractivity contribution is 5.96. The highest BCUT2D eigenvalue weighted by Gasteiger charge is 2.32. The second kappa shape index (κ2) is 25.3. The Hall–Kier alpha value is -6.91. The van der Waals surface area contributed by atoms with Gasteiger partial charge in [0.25, 0.3) is 0 Å². The van der Waals surface area contributed by atoms with Gasteiger partial charge in [0.1, 0.15) is 29.9 Å². The number of amides is 6. The number of phenolic OH excluding ortho intramolecular Hbond substituents is 1. The molecule has 4 atom stereocenters. The van der Waals surface area contributed by atoms with Crippen LogP contribution in [0.3, 0.4) is 0 Å². The number of aliphatic imine (C=N–C) groups is 1. The SMILES string of the molecule is NC(N)=NCCC[C@@H]1NC(=O)[C@@H](Cc2ccccc2)NC(=O)[C@H](Cc2ccc(O)cc2)NC(=O)CCCCNC(=O)CCCCCCNC(=O)[C@H](Cc2c[nH]c3ccccc23)NC1=O. The van der Waals surface area contributed by atoms with Crippen molar-refractivity contribution in [2.45, 2.75) is 108 Å². The average molecular weight is 879 g/mol. The first-order valence-corrected chi connectivity index (χ1v) is 22.1. The summed E-state index contributed by atoms with van der Waals surface area (Å²) < 4.78 is 0. The summed E-state index contributed by atoms with van der Waals surface area (Å²) >= 11 is 0. The number of H-pyrrole nitrogens is 1. The maximum absolute atomic E-state index is 14.5. The molecule has 1 aromatic heterocycles. The predicted octanol–water partition coefficient (Wildman–Crippen LogP) is 2.26. The van der Waals surface area contributed by atoms with Gasteiger partial charge in [-0.15, -0.1) is 0 Å². The number of nitrogens with one attached hydrogen (secondary N) is 7. The predicted molar refractivity (Wildman–Crippen MR) is 245 cm³/mol. The van der Waals surface area contributed by atoms with Crippen molar-refractivity contribution in [3.05, 3.63) is 102 Å². The van der Waals surface area contributed by atoms with Crippen molar-refractivity contribution in [1.29, 1.82) is 0 Å². The van der Waals surface area contributed by atoms with Gasteiger partial charge in [-0.2, -0.15) is 0 Å². The molecular formula is C47H62N10O7. The molecule has 4 aromatic rings. The van der Waals surface area contributed by atoms with Crippen LogP contribution >= 0.6 is 0 Å². The molecule has 64 heavy (non-hydrogen) atoms. The second-order valence-electron chi connectivity index (χ2n) is 16.1. The van der Waals surface area contributed by atoms with Crippen LogP contribution in [0.5, 0.6) is 5.75 Å². The van der Waals surface area contributed by atoms with Crippen molar-refractivity contribution >= 4 is 52.3 Å². The zero-order valence-corrected chi connectivity index (χ0v) is 36.2. The molecule has 17 heteroatoms. The van der Waals surface area contributed by atoms with E-state index < -0.39 is 47.8 Å². The Labute approximate surface area is 373 Å². The van der Waals surface area contributed by atoms with Crippen LogP contribution < -0.4 is 43.4 Å². The molecule has 1 aliphatic heterocycles. The van der Waals surface area contributed by atoms with Crippen LogP contribution in [0.1, 0.15) is 80.9 Å². The van der Waals surface area contributed by atoms with Crippen LogP contribution in [0.2, 0.25) is 0 Å². The first kappa shape index (κ1) is 48.1. The third-order valence-corrected chi connectivity index (χ3v) is 11.0. The molecule has 17 nitrogen and oxygen atoms in total. The number of phenols is 1. The Kier molecular flexibility index (Phi) is 19.0. The van der Waals surface area contributed by atoms with Crippen LogP contribution in [-0.4, -0.2) is 95.3 Å². The molecule has 0 aliphatic carbocycles. The molecular weight excluding hydrogens is 817 g/mol. The van der Waals surface area contributed by atoms with E-state index in [1.165, 1.54) is 12.1 Å². The standard InChI is InChI=1S/C47H62N10O7/c48-47(49)52-26-12-17-37-44(62)57-40(29-33-30-53-36-16-8-7-15-35(33)36)43(61)51-25-10-2-1-6-18-41(59)50-24-11-9-19-42(60)54-38(28-32-20-22-34(58)23-21-32)45(63)56-39(46(64)55-37)27-31-13-4-3-5-14-31/h3-5,7-8,13-16,20-23,30,37-40,53,58H,1-2,6,9-12,17-19,24-29H2,(H,50,59)(H,51,61)(H,54,60)(H,55,64)(H,56,63)(H,57,62)(H4,48,49,52)/t37-,38-,39+,40-/m0/s1. The van der Waals surface area contributed by atoms with Crippen molar-refractivity contribution in [2.24, 2.45) is 16.5 Å². The Bertz CT molecular complexity index is 2190. The summed E-state index contributed by atoms with van der Waals surface area (Å²) in [6, 6.07) is 18.4. The Morgan fingerprint density at radius 1 is 0.578 bits per heavy atom. The quantitative estimate of drug-likeness (QED) is 0.0635. The first-order valence-electron chi connectivity index (χ1n) is 22.1. The number of nitrogens with two attached hydrogens (primary N) is 2. The smallest absolute Gasteiger partial charge is 0.243 e. The Morgan fingerprint density at radius 2 is 1.14 bits per heavy atom. The van der Waals surface area contributed by atoms with Crippen molar-refractivity contribution in [2.75, 3.05) is 19.6 Å². The van der Waals surface area contributed by atoms with Gasteiger partial charge in [-0.25, -0.2) is 0 Å². The minimum Gasteiger partial charge on any atom is -0.508 e. The molecule has 0 unspecified atom stereocenters. The van der Waals surface area contributed by atoms with Gasteiger partial charge in [0.2, 0.25) is 35.4 Å². The Balaban J connectivity index is 1.45. The van der Waals surface area contributed by atoms with Gasteiger partial charge in [0.15, 0.2) is 5.96 Å². The van der Waals surface area contributed by atoms with Crippen molar-refractivity contribution in [3.8, 4) is 5.75 Å². The molecule has 6 amide bonds. The van der Waals surface area contributed by atoms with Crippen LogP contribution in [0.15, 0.2) is 90.1 Å². The summed E-state index contributed by atoms with van der Waals surface area (Å²) in [6.45, 7) is 0.915. The summed E-state index contributed by atoms with van der Waals surface area (Å²) in [4.78, 5) is 90.1. The molecule has 1 saturated heterocycles. The van der Waals surface area contributed by atoms with Crippen molar-refractivity contribution < 1.29 is 33.9 Å². The number of fused-ring (bicyclic) bond motifs is 1. The van der Waals surface area contributed by atoms with E-state index in [9.17, 15) is 33.9 Å². The van der Waals surface area contributed by atoms with E-state index in [1.807, 2.05) is 30.3 Å². The number of nitrogens with zero attached hydrogens (tertiary/aromatic N) is 1. The topological polar surface area (TPSA) is 275 Å². The van der Waals surface area contributed by atoms with Crippen LogP contribution in [0, 0.1) is 0 Å². The maximum atomic E-state index is 14.5. The number of para-hydroxylation sites is 1. The summed E-state index contributed by atoms with van der Waals surface area (Å²) in [7, 11) is 0. The summed E-state index contributed by atoms with van der Waals surface area (Å²) in [5.41, 5.74) is 14.2. The molecule has 12 N–H and O–H groups in total.